The van der Waals surface area contributed by atoms with Crippen LogP contribution in [-0.2, 0) is 21.2 Å². The van der Waals surface area contributed by atoms with E-state index < -0.39 is 22.2 Å². The number of fused-ring (bicyclic) bond motifs is 1. The van der Waals surface area contributed by atoms with E-state index in [1.54, 1.807) is 81.6 Å². The normalized spacial score (nSPS) is 19.0. The molecular weight excluding hydrogens is 556 g/mol. The zero-order chi connectivity index (χ0) is 30.6. The van der Waals surface area contributed by atoms with Gasteiger partial charge in [0.2, 0.25) is 15.9 Å². The summed E-state index contributed by atoms with van der Waals surface area (Å²) in [7, 11) is 1.02. The number of pyridine rings is 1. The van der Waals surface area contributed by atoms with Crippen LogP contribution in [0.2, 0.25) is 0 Å². The molecule has 0 radical (unpaired) electrons. The molecule has 11 heteroatoms. The van der Waals surface area contributed by atoms with Crippen molar-refractivity contribution >= 4 is 21.8 Å². The maximum Gasteiger partial charge on any atom is 0.253 e. The lowest BCUT2D eigenvalue weighted by molar-refractivity contribution is -0.130. The largest absolute Gasteiger partial charge is 0.487 e. The van der Waals surface area contributed by atoms with Crippen LogP contribution in [0.1, 0.15) is 29.9 Å². The van der Waals surface area contributed by atoms with Crippen LogP contribution in [0, 0.1) is 5.92 Å². The quantitative estimate of drug-likeness (QED) is 0.426. The Morgan fingerprint density at radius 1 is 1.07 bits per heavy atom. The summed E-state index contributed by atoms with van der Waals surface area (Å²) < 4.78 is 35.4. The Kier molecular flexibility index (Phi) is 9.65. The second-order valence-electron chi connectivity index (χ2n) is 11.0. The molecule has 4 rings (SSSR count). The lowest BCUT2D eigenvalue weighted by Crippen LogP contribution is -2.50. The lowest BCUT2D eigenvalue weighted by Gasteiger charge is -2.37. The monoisotopic (exact) mass is 594 g/mol. The molecule has 1 N–H and O–H groups in total. The van der Waals surface area contributed by atoms with Gasteiger partial charge in [0.1, 0.15) is 16.7 Å². The van der Waals surface area contributed by atoms with E-state index in [0.717, 1.165) is 5.56 Å². The fraction of sp³-hybridized carbons (Fsp3) is 0.387. The lowest BCUT2D eigenvalue weighted by atomic mass is 10.0. The molecule has 0 fully saturated rings. The number of aliphatic hydroxyl groups excluding tert-OH is 1. The van der Waals surface area contributed by atoms with E-state index in [-0.39, 0.29) is 54.5 Å². The summed E-state index contributed by atoms with van der Waals surface area (Å²) in [6.07, 6.45) is 1.21. The summed E-state index contributed by atoms with van der Waals surface area (Å²) in [6.45, 7) is 3.50. The topological polar surface area (TPSA) is 120 Å². The van der Waals surface area contributed by atoms with E-state index in [0.29, 0.717) is 16.8 Å². The van der Waals surface area contributed by atoms with Crippen molar-refractivity contribution in [1.82, 2.24) is 19.1 Å². The molecule has 2 aromatic carbocycles. The van der Waals surface area contributed by atoms with Gasteiger partial charge >= 0.3 is 0 Å². The number of nitrogens with zero attached hydrogens (tertiary/aromatic N) is 4. The van der Waals surface area contributed by atoms with Gasteiger partial charge in [-0.3, -0.25) is 14.6 Å². The molecule has 2 heterocycles. The van der Waals surface area contributed by atoms with E-state index in [1.807, 2.05) is 19.1 Å². The van der Waals surface area contributed by atoms with Gasteiger partial charge in [-0.05, 0) is 54.4 Å². The second-order valence-corrected chi connectivity index (χ2v) is 12.8. The minimum absolute atomic E-state index is 0.0218. The maximum absolute atomic E-state index is 13.8. The van der Waals surface area contributed by atoms with E-state index in [2.05, 4.69) is 4.98 Å². The molecule has 42 heavy (non-hydrogen) atoms. The molecule has 2 amide bonds. The highest BCUT2D eigenvalue weighted by Crippen LogP contribution is 2.37. The van der Waals surface area contributed by atoms with E-state index >= 15 is 0 Å². The van der Waals surface area contributed by atoms with Gasteiger partial charge in [-0.2, -0.15) is 4.31 Å². The van der Waals surface area contributed by atoms with Crippen molar-refractivity contribution in [3.8, 4) is 16.9 Å². The Morgan fingerprint density at radius 2 is 1.81 bits per heavy atom. The highest BCUT2D eigenvalue weighted by Gasteiger charge is 2.38. The number of amides is 2. The van der Waals surface area contributed by atoms with Crippen LogP contribution >= 0.6 is 0 Å². The zero-order valence-electron chi connectivity index (χ0n) is 24.6. The van der Waals surface area contributed by atoms with Crippen molar-refractivity contribution in [2.75, 3.05) is 40.8 Å². The van der Waals surface area contributed by atoms with Gasteiger partial charge in [0, 0.05) is 57.1 Å². The second kappa shape index (κ2) is 13.0. The minimum Gasteiger partial charge on any atom is -0.487 e. The minimum atomic E-state index is -4.03. The summed E-state index contributed by atoms with van der Waals surface area (Å²) >= 11 is 0. The number of aromatic nitrogens is 1. The smallest absolute Gasteiger partial charge is 0.253 e. The van der Waals surface area contributed by atoms with Crippen molar-refractivity contribution in [3.63, 3.8) is 0 Å². The van der Waals surface area contributed by atoms with Gasteiger partial charge in [-0.15, -0.1) is 0 Å². The maximum atomic E-state index is 13.8. The van der Waals surface area contributed by atoms with E-state index in [1.165, 1.54) is 15.3 Å². The Bertz CT molecular complexity index is 1530. The van der Waals surface area contributed by atoms with Crippen molar-refractivity contribution < 1.29 is 27.9 Å². The SMILES string of the molecule is C[C@H]1CN([C@@H](C)CO)S(=O)(=O)c2ccc(-c3cccc(C(=O)N(C)C)c3)cc2O[C@@H]1CN(C)C(=O)Cc1ccccn1. The molecule has 3 aromatic rings. The molecule has 0 bridgehead atoms. The predicted octanol–water partition coefficient (Wildman–Crippen LogP) is 2.92. The first kappa shape index (κ1) is 31.1. The summed E-state index contributed by atoms with van der Waals surface area (Å²) in [5, 5.41) is 9.92. The molecule has 0 unspecified atom stereocenters. The Hall–Kier alpha value is -3.80. The number of ether oxygens (including phenoxy) is 1. The number of benzene rings is 2. The highest BCUT2D eigenvalue weighted by atomic mass is 32.2. The fourth-order valence-electron chi connectivity index (χ4n) is 4.88. The number of aliphatic hydroxyl groups is 1. The van der Waals surface area contributed by atoms with Crippen molar-refractivity contribution in [2.24, 2.45) is 5.92 Å². The zero-order valence-corrected chi connectivity index (χ0v) is 25.4. The molecule has 0 aliphatic carbocycles. The number of carbonyl (C=O) groups is 2. The van der Waals surface area contributed by atoms with Crippen LogP contribution in [0.4, 0.5) is 0 Å². The Labute approximate surface area is 247 Å². The third-order valence-corrected chi connectivity index (χ3v) is 9.47. The number of likely N-dealkylation sites (N-methyl/N-ethyl adjacent to an activating group) is 1. The fourth-order valence-corrected chi connectivity index (χ4v) is 6.70. The molecule has 1 aromatic heterocycles. The molecule has 10 nitrogen and oxygen atoms in total. The summed E-state index contributed by atoms with van der Waals surface area (Å²) in [6, 6.07) is 16.7. The van der Waals surface area contributed by atoms with Crippen LogP contribution < -0.4 is 4.74 Å². The van der Waals surface area contributed by atoms with Crippen molar-refractivity contribution in [2.45, 2.75) is 37.3 Å². The van der Waals surface area contributed by atoms with Crippen LogP contribution in [-0.4, -0.2) is 97.4 Å². The number of sulfonamides is 1. The van der Waals surface area contributed by atoms with Gasteiger partial charge in [0.15, 0.2) is 0 Å². The van der Waals surface area contributed by atoms with E-state index in [9.17, 15) is 23.1 Å². The predicted molar refractivity (Wildman–Crippen MR) is 159 cm³/mol. The van der Waals surface area contributed by atoms with Crippen LogP contribution in [0.15, 0.2) is 71.8 Å². The van der Waals surface area contributed by atoms with Crippen molar-refractivity contribution in [3.05, 3.63) is 78.1 Å². The van der Waals surface area contributed by atoms with Gasteiger partial charge in [-0.1, -0.05) is 31.2 Å². The van der Waals surface area contributed by atoms with Crippen molar-refractivity contribution in [1.29, 1.82) is 0 Å². The Balaban J connectivity index is 1.72. The van der Waals surface area contributed by atoms with Gasteiger partial charge < -0.3 is 19.6 Å². The summed E-state index contributed by atoms with van der Waals surface area (Å²) in [5.41, 5.74) is 2.55. The first-order valence-corrected chi connectivity index (χ1v) is 15.3. The molecule has 3 atom stereocenters. The van der Waals surface area contributed by atoms with Gasteiger partial charge in [0.05, 0.1) is 19.6 Å². The van der Waals surface area contributed by atoms with Crippen LogP contribution in [0.25, 0.3) is 11.1 Å². The third-order valence-electron chi connectivity index (χ3n) is 7.45. The molecular formula is C31H38N4O6S. The summed E-state index contributed by atoms with van der Waals surface area (Å²) in [5.74, 6) is -0.468. The molecule has 224 valence electrons. The molecule has 0 spiro atoms. The Morgan fingerprint density at radius 3 is 2.48 bits per heavy atom. The average molecular weight is 595 g/mol. The number of carbonyl (C=O) groups excluding carboxylic acids is 2. The van der Waals surface area contributed by atoms with Gasteiger partial charge in [-0.25, -0.2) is 8.42 Å². The number of hydrogen-bond donors (Lipinski definition) is 1. The number of rotatable bonds is 8. The first-order valence-electron chi connectivity index (χ1n) is 13.8. The van der Waals surface area contributed by atoms with E-state index in [4.69, 9.17) is 4.74 Å². The first-order chi connectivity index (χ1) is 19.9. The highest BCUT2D eigenvalue weighted by molar-refractivity contribution is 7.89. The van der Waals surface area contributed by atoms with Crippen LogP contribution in [0.5, 0.6) is 5.75 Å². The molecule has 0 saturated heterocycles. The molecule has 1 aliphatic rings. The summed E-state index contributed by atoms with van der Waals surface area (Å²) in [4.78, 5) is 32.9. The molecule has 0 saturated carbocycles. The average Bonchev–Trinajstić information content (AvgIpc) is 2.98. The molecule has 1 aliphatic heterocycles. The third kappa shape index (κ3) is 6.80. The standard InChI is InChI=1S/C31H38N4O6S/c1-21-18-35(22(2)20-36)42(39,40)29-13-12-24(23-9-8-10-25(15-23)31(38)33(3)4)16-27(29)41-28(21)19-34(5)30(37)17-26-11-6-7-14-32-26/h6-16,21-22,28,36H,17-20H2,1-5H3/t21-,22-,28+/m0/s1. The number of hydrogen-bond acceptors (Lipinski definition) is 7. The van der Waals surface area contributed by atoms with Crippen LogP contribution in [0.3, 0.4) is 0 Å². The van der Waals surface area contributed by atoms with Gasteiger partial charge in [0.25, 0.3) is 5.91 Å².